The van der Waals surface area contributed by atoms with Gasteiger partial charge in [0.1, 0.15) is 0 Å². The molecule has 1 aromatic carbocycles. The molecule has 0 amide bonds. The van der Waals surface area contributed by atoms with Crippen LogP contribution in [0, 0.1) is 6.92 Å². The number of aryl methyl sites for hydroxylation is 1. The summed E-state index contributed by atoms with van der Waals surface area (Å²) in [5.41, 5.74) is 6.16. The van der Waals surface area contributed by atoms with Crippen molar-refractivity contribution in [1.82, 2.24) is 25.1 Å². The van der Waals surface area contributed by atoms with Crippen molar-refractivity contribution >= 4 is 26.7 Å². The van der Waals surface area contributed by atoms with Crippen LogP contribution >= 0.6 is 0 Å². The van der Waals surface area contributed by atoms with Crippen molar-refractivity contribution in [3.63, 3.8) is 0 Å². The lowest BCUT2D eigenvalue weighted by Gasteiger charge is -2.08. The summed E-state index contributed by atoms with van der Waals surface area (Å²) in [7, 11) is -3.60. The maximum atomic E-state index is 13.7. The quantitative estimate of drug-likeness (QED) is 0.500. The Morgan fingerprint density at radius 1 is 1.23 bits per heavy atom. The second kappa shape index (κ2) is 7.04. The number of benzene rings is 1. The second-order valence-corrected chi connectivity index (χ2v) is 8.93. The van der Waals surface area contributed by atoms with Crippen molar-refractivity contribution < 1.29 is 26.2 Å². The van der Waals surface area contributed by atoms with Crippen LogP contribution in [0.2, 0.25) is 0 Å². The predicted molar refractivity (Wildman–Crippen MR) is 104 cm³/mol. The molecule has 0 aliphatic carbocycles. The molecule has 2 N–H and O–H groups in total. The van der Waals surface area contributed by atoms with E-state index in [0.29, 0.717) is 11.3 Å². The monoisotopic (exact) mass is 452 g/mol. The summed E-state index contributed by atoms with van der Waals surface area (Å²) in [6, 6.07) is 5.26. The number of rotatable bonds is 4. The van der Waals surface area contributed by atoms with Gasteiger partial charge < -0.3 is 5.73 Å². The molecule has 3 heterocycles. The molecule has 3 aromatic heterocycles. The van der Waals surface area contributed by atoms with Crippen LogP contribution in [0.25, 0.3) is 22.3 Å². The molecular formula is C18H15F3N6O3S. The number of pyridine rings is 1. The minimum absolute atomic E-state index is 0.0699. The van der Waals surface area contributed by atoms with E-state index in [4.69, 9.17) is 5.73 Å². The van der Waals surface area contributed by atoms with Crippen molar-refractivity contribution in [1.29, 1.82) is 0 Å². The van der Waals surface area contributed by atoms with Crippen LogP contribution in [0.1, 0.15) is 17.0 Å². The van der Waals surface area contributed by atoms with E-state index >= 15 is 0 Å². The van der Waals surface area contributed by atoms with Gasteiger partial charge in [-0.2, -0.15) is 18.3 Å². The molecule has 0 bridgehead atoms. The summed E-state index contributed by atoms with van der Waals surface area (Å²) < 4.78 is 70.4. The molecule has 0 unspecified atom stereocenters. The van der Waals surface area contributed by atoms with Gasteiger partial charge in [0.05, 0.1) is 17.1 Å². The summed E-state index contributed by atoms with van der Waals surface area (Å²) >= 11 is 0. The Hall–Kier alpha value is -3.48. The third-order valence-electron chi connectivity index (χ3n) is 4.69. The first-order valence-corrected chi connectivity index (χ1v) is 10.7. The van der Waals surface area contributed by atoms with Gasteiger partial charge in [-0.1, -0.05) is 12.1 Å². The van der Waals surface area contributed by atoms with Crippen LogP contribution in [-0.4, -0.2) is 39.8 Å². The van der Waals surface area contributed by atoms with Gasteiger partial charge >= 0.3 is 6.18 Å². The Bertz CT molecular complexity index is 1410. The van der Waals surface area contributed by atoms with Gasteiger partial charge in [-0.3, -0.25) is 4.68 Å². The lowest BCUT2D eigenvalue weighted by molar-refractivity contribution is -0.141. The molecule has 0 fully saturated rings. The van der Waals surface area contributed by atoms with E-state index in [9.17, 15) is 21.6 Å². The van der Waals surface area contributed by atoms with Crippen LogP contribution in [0.15, 0.2) is 40.0 Å². The Labute approximate surface area is 173 Å². The summed E-state index contributed by atoms with van der Waals surface area (Å²) in [5.74, 6) is 0. The van der Waals surface area contributed by atoms with Crippen LogP contribution < -0.4 is 5.73 Å². The molecule has 0 radical (unpaired) electrons. The summed E-state index contributed by atoms with van der Waals surface area (Å²) in [4.78, 5) is 4.09. The highest BCUT2D eigenvalue weighted by atomic mass is 32.2. The number of hydrogen-bond acceptors (Lipinski definition) is 8. The fourth-order valence-corrected chi connectivity index (χ4v) is 3.84. The van der Waals surface area contributed by atoms with E-state index in [-0.39, 0.29) is 39.4 Å². The number of nitrogen functional groups attached to an aromatic ring is 1. The van der Waals surface area contributed by atoms with Gasteiger partial charge in [0.25, 0.3) is 0 Å². The molecule has 13 heteroatoms. The third-order valence-corrected chi connectivity index (χ3v) is 5.80. The Balaban J connectivity index is 1.83. The molecule has 0 atom stereocenters. The molecule has 0 spiro atoms. The van der Waals surface area contributed by atoms with E-state index in [2.05, 4.69) is 25.0 Å². The molecule has 0 saturated carbocycles. The van der Waals surface area contributed by atoms with Crippen LogP contribution in [-0.2, 0) is 22.6 Å². The van der Waals surface area contributed by atoms with E-state index < -0.39 is 21.7 Å². The number of aromatic nitrogens is 5. The SMILES string of the molecule is Cc1nc2nonc2c(N)c1Cn1cc(-c2cccc(S(C)(=O)=O)c2)c(C(F)(F)F)n1. The van der Waals surface area contributed by atoms with Gasteiger partial charge in [-0.25, -0.2) is 18.0 Å². The van der Waals surface area contributed by atoms with E-state index in [1.165, 1.54) is 30.5 Å². The van der Waals surface area contributed by atoms with Gasteiger partial charge in [0.2, 0.25) is 5.65 Å². The Morgan fingerprint density at radius 2 is 1.97 bits per heavy atom. The minimum atomic E-state index is -4.76. The summed E-state index contributed by atoms with van der Waals surface area (Å²) in [6.45, 7) is 1.51. The van der Waals surface area contributed by atoms with Gasteiger partial charge in [0.15, 0.2) is 21.0 Å². The van der Waals surface area contributed by atoms with Crippen molar-refractivity contribution in [3.05, 3.63) is 47.4 Å². The first-order valence-electron chi connectivity index (χ1n) is 8.77. The Morgan fingerprint density at radius 3 is 2.65 bits per heavy atom. The van der Waals surface area contributed by atoms with E-state index in [1.54, 1.807) is 6.92 Å². The lowest BCUT2D eigenvalue weighted by Crippen LogP contribution is -2.11. The largest absolute Gasteiger partial charge is 0.435 e. The zero-order valence-corrected chi connectivity index (χ0v) is 17.0. The van der Waals surface area contributed by atoms with Crippen molar-refractivity contribution in [3.8, 4) is 11.1 Å². The normalized spacial score (nSPS) is 12.5. The van der Waals surface area contributed by atoms with Crippen LogP contribution in [0.4, 0.5) is 18.9 Å². The summed E-state index contributed by atoms with van der Waals surface area (Å²) in [5, 5.41) is 11.0. The zero-order valence-electron chi connectivity index (χ0n) is 16.2. The highest BCUT2D eigenvalue weighted by Crippen LogP contribution is 2.37. The number of hydrogen-bond donors (Lipinski definition) is 1. The number of alkyl halides is 3. The van der Waals surface area contributed by atoms with E-state index in [1.807, 2.05) is 0 Å². The number of halogens is 3. The second-order valence-electron chi connectivity index (χ2n) is 6.91. The number of anilines is 1. The van der Waals surface area contributed by atoms with Gasteiger partial charge in [-0.15, -0.1) is 0 Å². The average molecular weight is 452 g/mol. The van der Waals surface area contributed by atoms with Gasteiger partial charge in [-0.05, 0) is 34.9 Å². The number of fused-ring (bicyclic) bond motifs is 1. The number of nitrogens with zero attached hydrogens (tertiary/aromatic N) is 5. The molecule has 9 nitrogen and oxygen atoms in total. The number of sulfone groups is 1. The zero-order chi connectivity index (χ0) is 22.6. The van der Waals surface area contributed by atoms with Crippen LogP contribution in [0.3, 0.4) is 0 Å². The highest BCUT2D eigenvalue weighted by molar-refractivity contribution is 7.90. The highest BCUT2D eigenvalue weighted by Gasteiger charge is 2.38. The minimum Gasteiger partial charge on any atom is -0.396 e. The first kappa shape index (κ1) is 20.8. The lowest BCUT2D eigenvalue weighted by atomic mass is 10.1. The molecule has 162 valence electrons. The molecular weight excluding hydrogens is 437 g/mol. The first-order chi connectivity index (χ1) is 14.4. The smallest absolute Gasteiger partial charge is 0.396 e. The predicted octanol–water partition coefficient (Wildman–Crippen LogP) is 2.84. The Kier molecular flexibility index (Phi) is 4.72. The fourth-order valence-electron chi connectivity index (χ4n) is 3.17. The van der Waals surface area contributed by atoms with E-state index in [0.717, 1.165) is 10.9 Å². The average Bonchev–Trinajstić information content (AvgIpc) is 3.31. The third kappa shape index (κ3) is 3.83. The van der Waals surface area contributed by atoms with Crippen molar-refractivity contribution in [2.45, 2.75) is 24.5 Å². The van der Waals surface area contributed by atoms with Crippen LogP contribution in [0.5, 0.6) is 0 Å². The standard InChI is InChI=1S/C18H15F3N6O3S/c1-9-12(14(22)15-17(23-9)26-30-25-15)7-27-8-13(16(24-27)18(19,20)21)10-4-3-5-11(6-10)31(2,28)29/h3-6,8H,7,22H2,1-2H3. The maximum absolute atomic E-state index is 13.7. The topological polar surface area (TPSA) is 130 Å². The van der Waals surface area contributed by atoms with Gasteiger partial charge in [0, 0.05) is 29.3 Å². The molecule has 31 heavy (non-hydrogen) atoms. The number of nitrogens with two attached hydrogens (primary N) is 1. The molecule has 0 aliphatic rings. The maximum Gasteiger partial charge on any atom is 0.435 e. The van der Waals surface area contributed by atoms with Crippen molar-refractivity contribution in [2.75, 3.05) is 12.0 Å². The summed E-state index contributed by atoms with van der Waals surface area (Å²) in [6.07, 6.45) is -2.59. The van der Waals surface area contributed by atoms with Crippen molar-refractivity contribution in [2.24, 2.45) is 0 Å². The molecule has 4 aromatic rings. The fraction of sp³-hybridized carbons (Fsp3) is 0.222. The molecule has 0 saturated heterocycles. The molecule has 0 aliphatic heterocycles. The molecule has 4 rings (SSSR count).